The van der Waals surface area contributed by atoms with Crippen LogP contribution < -0.4 is 10.8 Å². The van der Waals surface area contributed by atoms with E-state index in [1.807, 2.05) is 6.26 Å². The molecule has 0 saturated heterocycles. The molecule has 98 valence electrons. The molecule has 3 N–H and O–H groups in total. The van der Waals surface area contributed by atoms with E-state index in [9.17, 15) is 9.18 Å². The van der Waals surface area contributed by atoms with Crippen molar-refractivity contribution in [2.45, 2.75) is 6.42 Å². The minimum atomic E-state index is -1.71. The van der Waals surface area contributed by atoms with Gasteiger partial charge in [-0.15, -0.1) is 0 Å². The third kappa shape index (κ3) is 4.32. The van der Waals surface area contributed by atoms with E-state index in [1.54, 1.807) is 11.8 Å². The van der Waals surface area contributed by atoms with Crippen LogP contribution in [-0.4, -0.2) is 41.6 Å². The Hall–Kier alpha value is -1.05. The lowest BCUT2D eigenvalue weighted by Crippen LogP contribution is -2.33. The lowest BCUT2D eigenvalue weighted by molar-refractivity contribution is 0.0950. The summed E-state index contributed by atoms with van der Waals surface area (Å²) in [5, 5.41) is 20.5. The second-order valence-electron chi connectivity index (χ2n) is 3.72. The quantitative estimate of drug-likeness (QED) is 0.503. The standard InChI is InChI=1S/C11H15BFNO3S/c1-18-6-2-5-14-11(15)9-7-8(12(16)17)3-4-10(9)13/h3-4,7,16-17H,2,5-6H2,1H3,(H,14,15). The van der Waals surface area contributed by atoms with E-state index in [0.717, 1.165) is 24.3 Å². The number of hydrogen-bond donors (Lipinski definition) is 3. The third-order valence-electron chi connectivity index (χ3n) is 2.34. The average molecular weight is 271 g/mol. The van der Waals surface area contributed by atoms with Crippen LogP contribution in [0.5, 0.6) is 0 Å². The number of benzene rings is 1. The lowest BCUT2D eigenvalue weighted by atomic mass is 9.79. The SMILES string of the molecule is CSCCCNC(=O)c1cc(B(O)O)ccc1F. The Kier molecular flexibility index (Phi) is 6.17. The van der Waals surface area contributed by atoms with Gasteiger partial charge in [0, 0.05) is 6.54 Å². The van der Waals surface area contributed by atoms with E-state index in [0.29, 0.717) is 6.54 Å². The monoisotopic (exact) mass is 271 g/mol. The van der Waals surface area contributed by atoms with Gasteiger partial charge in [0.2, 0.25) is 0 Å². The van der Waals surface area contributed by atoms with E-state index >= 15 is 0 Å². The van der Waals surface area contributed by atoms with Gasteiger partial charge in [-0.05, 0) is 36.0 Å². The van der Waals surface area contributed by atoms with Crippen LogP contribution in [0, 0.1) is 5.82 Å². The van der Waals surface area contributed by atoms with Crippen LogP contribution in [0.3, 0.4) is 0 Å². The van der Waals surface area contributed by atoms with Crippen molar-refractivity contribution in [2.75, 3.05) is 18.6 Å². The number of rotatable bonds is 6. The summed E-state index contributed by atoms with van der Waals surface area (Å²) in [6.45, 7) is 0.463. The molecule has 0 aromatic heterocycles. The summed E-state index contributed by atoms with van der Waals surface area (Å²) >= 11 is 1.67. The molecule has 1 aromatic rings. The molecule has 1 amide bonds. The van der Waals surface area contributed by atoms with Crippen LogP contribution in [0.1, 0.15) is 16.8 Å². The minimum Gasteiger partial charge on any atom is -0.423 e. The van der Waals surface area contributed by atoms with Gasteiger partial charge in [-0.3, -0.25) is 4.79 Å². The highest BCUT2D eigenvalue weighted by Gasteiger charge is 2.17. The van der Waals surface area contributed by atoms with Gasteiger partial charge >= 0.3 is 7.12 Å². The fourth-order valence-electron chi connectivity index (χ4n) is 1.39. The largest absolute Gasteiger partial charge is 0.488 e. The fourth-order valence-corrected chi connectivity index (χ4v) is 1.82. The molecule has 0 unspecified atom stereocenters. The highest BCUT2D eigenvalue weighted by Crippen LogP contribution is 2.05. The van der Waals surface area contributed by atoms with Crippen molar-refractivity contribution in [3.05, 3.63) is 29.6 Å². The first-order valence-corrected chi connectivity index (χ1v) is 6.88. The zero-order valence-corrected chi connectivity index (χ0v) is 10.8. The van der Waals surface area contributed by atoms with Crippen molar-refractivity contribution in [1.82, 2.24) is 5.32 Å². The maximum atomic E-state index is 13.4. The van der Waals surface area contributed by atoms with Crippen LogP contribution in [-0.2, 0) is 0 Å². The molecule has 0 heterocycles. The molecule has 0 spiro atoms. The molecular weight excluding hydrogens is 256 g/mol. The summed E-state index contributed by atoms with van der Waals surface area (Å²) in [5.74, 6) is -0.309. The van der Waals surface area contributed by atoms with Crippen LogP contribution in [0.4, 0.5) is 4.39 Å². The average Bonchev–Trinajstić information content (AvgIpc) is 2.34. The second-order valence-corrected chi connectivity index (χ2v) is 4.70. The molecule has 0 aliphatic rings. The van der Waals surface area contributed by atoms with Crippen molar-refractivity contribution < 1.29 is 19.2 Å². The predicted octanol–water partition coefficient (Wildman–Crippen LogP) is -0.0116. The van der Waals surface area contributed by atoms with E-state index in [1.165, 1.54) is 6.07 Å². The minimum absolute atomic E-state index is 0.0886. The number of carbonyl (C=O) groups excluding carboxylic acids is 1. The Labute approximate surface area is 110 Å². The van der Waals surface area contributed by atoms with E-state index in [4.69, 9.17) is 10.0 Å². The summed E-state index contributed by atoms with van der Waals surface area (Å²) in [5.41, 5.74) is -0.0876. The maximum Gasteiger partial charge on any atom is 0.488 e. The third-order valence-corrected chi connectivity index (χ3v) is 3.04. The van der Waals surface area contributed by atoms with Gasteiger partial charge < -0.3 is 15.4 Å². The molecular formula is C11H15BFNO3S. The molecule has 18 heavy (non-hydrogen) atoms. The molecule has 0 aliphatic heterocycles. The van der Waals surface area contributed by atoms with Crippen LogP contribution in [0.15, 0.2) is 18.2 Å². The van der Waals surface area contributed by atoms with E-state index in [2.05, 4.69) is 5.32 Å². The summed E-state index contributed by atoms with van der Waals surface area (Å²) in [6.07, 6.45) is 2.77. The predicted molar refractivity (Wildman–Crippen MR) is 71.6 cm³/mol. The molecule has 0 fully saturated rings. The lowest BCUT2D eigenvalue weighted by Gasteiger charge is -2.07. The molecule has 1 rings (SSSR count). The Morgan fingerprint density at radius 1 is 1.50 bits per heavy atom. The van der Waals surface area contributed by atoms with Crippen LogP contribution in [0.2, 0.25) is 0 Å². The van der Waals surface area contributed by atoms with Gasteiger partial charge in [-0.25, -0.2) is 4.39 Å². The summed E-state index contributed by atoms with van der Waals surface area (Å²) < 4.78 is 13.4. The molecule has 0 aliphatic carbocycles. The van der Waals surface area contributed by atoms with Crippen LogP contribution in [0.25, 0.3) is 0 Å². The van der Waals surface area contributed by atoms with Gasteiger partial charge in [0.05, 0.1) is 5.56 Å². The summed E-state index contributed by atoms with van der Waals surface area (Å²) in [6, 6.07) is 3.42. The van der Waals surface area contributed by atoms with Gasteiger partial charge in [-0.1, -0.05) is 6.07 Å². The molecule has 0 bridgehead atoms. The van der Waals surface area contributed by atoms with Crippen LogP contribution >= 0.6 is 11.8 Å². The molecule has 0 atom stereocenters. The number of carbonyl (C=O) groups is 1. The molecule has 1 aromatic carbocycles. The summed E-state index contributed by atoms with van der Waals surface area (Å²) in [7, 11) is -1.71. The zero-order valence-electron chi connectivity index (χ0n) is 10.0. The van der Waals surface area contributed by atoms with E-state index < -0.39 is 18.8 Å². The normalized spacial score (nSPS) is 10.2. The molecule has 0 saturated carbocycles. The second kappa shape index (κ2) is 7.40. The number of thioether (sulfide) groups is 1. The Morgan fingerprint density at radius 2 is 2.22 bits per heavy atom. The van der Waals surface area contributed by atoms with Crippen molar-refractivity contribution in [3.8, 4) is 0 Å². The summed E-state index contributed by atoms with van der Waals surface area (Å²) in [4.78, 5) is 11.7. The maximum absolute atomic E-state index is 13.4. The van der Waals surface area contributed by atoms with Gasteiger partial charge in [0.25, 0.3) is 5.91 Å². The Morgan fingerprint density at radius 3 is 2.83 bits per heavy atom. The van der Waals surface area contributed by atoms with Crippen molar-refractivity contribution >= 4 is 30.3 Å². The van der Waals surface area contributed by atoms with Gasteiger partial charge in [-0.2, -0.15) is 11.8 Å². The number of hydrogen-bond acceptors (Lipinski definition) is 4. The topological polar surface area (TPSA) is 69.6 Å². The molecule has 7 heteroatoms. The smallest absolute Gasteiger partial charge is 0.423 e. The first-order chi connectivity index (χ1) is 8.56. The number of nitrogens with one attached hydrogen (secondary N) is 1. The highest BCUT2D eigenvalue weighted by atomic mass is 32.2. The molecule has 4 nitrogen and oxygen atoms in total. The zero-order chi connectivity index (χ0) is 13.5. The first-order valence-electron chi connectivity index (χ1n) is 5.49. The molecule has 0 radical (unpaired) electrons. The Bertz CT molecular complexity index is 417. The highest BCUT2D eigenvalue weighted by molar-refractivity contribution is 7.98. The Balaban J connectivity index is 2.69. The fraction of sp³-hybridized carbons (Fsp3) is 0.364. The van der Waals surface area contributed by atoms with Gasteiger partial charge in [0.15, 0.2) is 0 Å². The van der Waals surface area contributed by atoms with Crippen molar-refractivity contribution in [3.63, 3.8) is 0 Å². The first kappa shape index (κ1) is 15.0. The van der Waals surface area contributed by atoms with Crippen molar-refractivity contribution in [1.29, 1.82) is 0 Å². The van der Waals surface area contributed by atoms with Gasteiger partial charge in [0.1, 0.15) is 5.82 Å². The number of amides is 1. The van der Waals surface area contributed by atoms with E-state index in [-0.39, 0.29) is 11.0 Å². The number of halogens is 1. The van der Waals surface area contributed by atoms with Crippen molar-refractivity contribution in [2.24, 2.45) is 0 Å².